The Hall–Kier alpha value is -0.490. The number of nitrogens with two attached hydrogens (primary N) is 1. The van der Waals surface area contributed by atoms with Gasteiger partial charge in [0.2, 0.25) is 0 Å². The van der Waals surface area contributed by atoms with Crippen LogP contribution in [0.2, 0.25) is 5.02 Å². The van der Waals surface area contributed by atoms with Gasteiger partial charge in [-0.25, -0.2) is 4.79 Å². The third-order valence-corrected chi connectivity index (χ3v) is 4.21. The molecule has 1 heterocycles. The highest BCUT2D eigenvalue weighted by Crippen LogP contribution is 2.26. The molecule has 0 unspecified atom stereocenters. The van der Waals surface area contributed by atoms with Gasteiger partial charge in [0, 0.05) is 17.6 Å². The lowest BCUT2D eigenvalue weighted by molar-refractivity contribution is 0.184. The van der Waals surface area contributed by atoms with Gasteiger partial charge in [-0.15, -0.1) is 12.4 Å². The molecule has 1 aliphatic rings. The molecule has 1 aromatic carbocycles. The molecule has 0 aliphatic carbocycles. The summed E-state index contributed by atoms with van der Waals surface area (Å²) in [5.41, 5.74) is 6.28. The lowest BCUT2D eigenvalue weighted by atomic mass is 9.97. The Labute approximate surface area is 138 Å². The summed E-state index contributed by atoms with van der Waals surface area (Å²) in [5.74, 6) is 0.542. The quantitative estimate of drug-likeness (QED) is 0.818. The smallest absolute Gasteiger partial charge is 0.321 e. The lowest BCUT2D eigenvalue weighted by Gasteiger charge is -2.31. The molecule has 1 fully saturated rings. The number of hydrogen-bond donors (Lipinski definition) is 2. The summed E-state index contributed by atoms with van der Waals surface area (Å²) in [6.45, 7) is 2.21. The maximum Gasteiger partial charge on any atom is 0.321 e. The van der Waals surface area contributed by atoms with Crippen LogP contribution in [0.15, 0.2) is 22.7 Å². The summed E-state index contributed by atoms with van der Waals surface area (Å²) in [5, 5.41) is 3.37. The van der Waals surface area contributed by atoms with Crippen LogP contribution in [0, 0.1) is 5.92 Å². The van der Waals surface area contributed by atoms with E-state index < -0.39 is 0 Å². The van der Waals surface area contributed by atoms with Crippen LogP contribution in [0.4, 0.5) is 10.5 Å². The molecule has 0 radical (unpaired) electrons. The summed E-state index contributed by atoms with van der Waals surface area (Å²) in [6.07, 6.45) is 1.94. The minimum Gasteiger partial charge on any atom is -0.330 e. The van der Waals surface area contributed by atoms with Gasteiger partial charge in [0.05, 0.1) is 10.7 Å². The SMILES string of the molecule is Cl.NCC1CCN(C(=O)Nc2ccc(Br)cc2Cl)CC1. The number of urea groups is 1. The van der Waals surface area contributed by atoms with Crippen molar-refractivity contribution in [2.45, 2.75) is 12.8 Å². The molecular weight excluding hydrogens is 365 g/mol. The van der Waals surface area contributed by atoms with Crippen LogP contribution in [0.1, 0.15) is 12.8 Å². The van der Waals surface area contributed by atoms with Crippen LogP contribution in [-0.2, 0) is 0 Å². The Morgan fingerprint density at radius 2 is 2.10 bits per heavy atom. The highest BCUT2D eigenvalue weighted by molar-refractivity contribution is 9.10. The molecule has 7 heteroatoms. The molecule has 3 N–H and O–H groups in total. The van der Waals surface area contributed by atoms with Crippen LogP contribution in [0.3, 0.4) is 0 Å². The summed E-state index contributed by atoms with van der Waals surface area (Å²) >= 11 is 9.41. The van der Waals surface area contributed by atoms with E-state index >= 15 is 0 Å². The number of hydrogen-bond acceptors (Lipinski definition) is 2. The molecule has 0 spiro atoms. The lowest BCUT2D eigenvalue weighted by Crippen LogP contribution is -2.42. The van der Waals surface area contributed by atoms with E-state index in [2.05, 4.69) is 21.2 Å². The minimum atomic E-state index is -0.0975. The largest absolute Gasteiger partial charge is 0.330 e. The molecule has 4 nitrogen and oxygen atoms in total. The highest BCUT2D eigenvalue weighted by atomic mass is 79.9. The van der Waals surface area contributed by atoms with Crippen LogP contribution in [0.25, 0.3) is 0 Å². The van der Waals surface area contributed by atoms with Gasteiger partial charge in [-0.2, -0.15) is 0 Å². The molecule has 0 aromatic heterocycles. The zero-order chi connectivity index (χ0) is 13.8. The van der Waals surface area contributed by atoms with Gasteiger partial charge in [0.15, 0.2) is 0 Å². The average Bonchev–Trinajstić information content (AvgIpc) is 2.42. The fourth-order valence-corrected chi connectivity index (χ4v) is 2.88. The number of likely N-dealkylation sites (tertiary alicyclic amines) is 1. The Balaban J connectivity index is 0.00000200. The third-order valence-electron chi connectivity index (χ3n) is 3.41. The van der Waals surface area contributed by atoms with E-state index in [1.807, 2.05) is 11.0 Å². The molecule has 0 atom stereocenters. The third kappa shape index (κ3) is 4.52. The molecule has 112 valence electrons. The first kappa shape index (κ1) is 17.6. The second-order valence-electron chi connectivity index (χ2n) is 4.72. The van der Waals surface area contributed by atoms with Gasteiger partial charge in [0.1, 0.15) is 0 Å². The van der Waals surface area contributed by atoms with E-state index in [1.165, 1.54) is 0 Å². The second kappa shape index (κ2) is 8.08. The Kier molecular flexibility index (Phi) is 7.09. The number of anilines is 1. The number of piperidine rings is 1. The van der Waals surface area contributed by atoms with Crippen molar-refractivity contribution in [3.05, 3.63) is 27.7 Å². The molecule has 20 heavy (non-hydrogen) atoms. The summed E-state index contributed by atoms with van der Waals surface area (Å²) in [7, 11) is 0. The van der Waals surface area contributed by atoms with Gasteiger partial charge in [-0.1, -0.05) is 27.5 Å². The second-order valence-corrected chi connectivity index (χ2v) is 6.04. The van der Waals surface area contributed by atoms with Gasteiger partial charge in [-0.05, 0) is 43.5 Å². The van der Waals surface area contributed by atoms with E-state index in [4.69, 9.17) is 17.3 Å². The van der Waals surface area contributed by atoms with Gasteiger partial charge in [-0.3, -0.25) is 0 Å². The van der Waals surface area contributed by atoms with E-state index in [-0.39, 0.29) is 18.4 Å². The number of carbonyl (C=O) groups excluding carboxylic acids is 1. The fourth-order valence-electron chi connectivity index (χ4n) is 2.16. The van der Waals surface area contributed by atoms with E-state index in [0.717, 1.165) is 30.4 Å². The van der Waals surface area contributed by atoms with Crippen molar-refractivity contribution in [2.24, 2.45) is 11.7 Å². The zero-order valence-electron chi connectivity index (χ0n) is 10.9. The Morgan fingerprint density at radius 1 is 1.45 bits per heavy atom. The monoisotopic (exact) mass is 381 g/mol. The standard InChI is InChI=1S/C13H17BrClN3O.ClH/c14-10-1-2-12(11(15)7-10)17-13(19)18-5-3-9(8-16)4-6-18;/h1-2,7,9H,3-6,8,16H2,(H,17,19);1H. The fraction of sp³-hybridized carbons (Fsp3) is 0.462. The number of nitrogens with one attached hydrogen (secondary N) is 1. The van der Waals surface area contributed by atoms with Gasteiger partial charge >= 0.3 is 6.03 Å². The van der Waals surface area contributed by atoms with Crippen LogP contribution in [-0.4, -0.2) is 30.6 Å². The normalized spacial score (nSPS) is 15.7. The van der Waals surface area contributed by atoms with Crippen molar-refractivity contribution in [1.82, 2.24) is 4.90 Å². The zero-order valence-corrected chi connectivity index (χ0v) is 14.1. The van der Waals surface area contributed by atoms with Crippen molar-refractivity contribution >= 4 is 51.7 Å². The number of rotatable bonds is 2. The van der Waals surface area contributed by atoms with E-state index in [9.17, 15) is 4.79 Å². The highest BCUT2D eigenvalue weighted by Gasteiger charge is 2.22. The van der Waals surface area contributed by atoms with Gasteiger partial charge < -0.3 is 16.0 Å². The Morgan fingerprint density at radius 3 is 2.65 bits per heavy atom. The van der Waals surface area contributed by atoms with Crippen LogP contribution >= 0.6 is 39.9 Å². The van der Waals surface area contributed by atoms with Crippen molar-refractivity contribution in [3.63, 3.8) is 0 Å². The summed E-state index contributed by atoms with van der Waals surface area (Å²) in [4.78, 5) is 13.9. The molecule has 1 aromatic rings. The van der Waals surface area contributed by atoms with Crippen molar-refractivity contribution in [1.29, 1.82) is 0 Å². The number of halogens is 3. The molecule has 0 bridgehead atoms. The van der Waals surface area contributed by atoms with Crippen molar-refractivity contribution in [2.75, 3.05) is 25.0 Å². The van der Waals surface area contributed by atoms with Crippen molar-refractivity contribution in [3.8, 4) is 0 Å². The molecule has 2 amide bonds. The molecule has 2 rings (SSSR count). The van der Waals surface area contributed by atoms with E-state index in [0.29, 0.717) is 23.2 Å². The number of benzene rings is 1. The van der Waals surface area contributed by atoms with E-state index in [1.54, 1.807) is 12.1 Å². The maximum atomic E-state index is 12.1. The molecule has 1 saturated heterocycles. The molecule has 0 saturated carbocycles. The van der Waals surface area contributed by atoms with Gasteiger partial charge in [0.25, 0.3) is 0 Å². The summed E-state index contributed by atoms with van der Waals surface area (Å²) in [6, 6.07) is 5.30. The van der Waals surface area contributed by atoms with Crippen molar-refractivity contribution < 1.29 is 4.79 Å². The number of carbonyl (C=O) groups is 1. The first-order chi connectivity index (χ1) is 9.10. The maximum absolute atomic E-state index is 12.1. The molecule has 1 aliphatic heterocycles. The summed E-state index contributed by atoms with van der Waals surface area (Å²) < 4.78 is 0.888. The number of amides is 2. The minimum absolute atomic E-state index is 0. The first-order valence-corrected chi connectivity index (χ1v) is 7.48. The Bertz CT molecular complexity index is 465. The van der Waals surface area contributed by atoms with Crippen LogP contribution in [0.5, 0.6) is 0 Å². The topological polar surface area (TPSA) is 58.4 Å². The van der Waals surface area contributed by atoms with Crippen LogP contribution < -0.4 is 11.1 Å². The predicted octanol–water partition coefficient (Wildman–Crippen LogP) is 3.73. The first-order valence-electron chi connectivity index (χ1n) is 6.31. The average molecular weight is 383 g/mol. The predicted molar refractivity (Wildman–Crippen MR) is 88.8 cm³/mol. The molecular formula is C13H18BrCl2N3O. The number of nitrogens with zero attached hydrogens (tertiary/aromatic N) is 1.